The number of anilines is 1. The third-order valence-electron chi connectivity index (χ3n) is 4.67. The first-order valence-corrected chi connectivity index (χ1v) is 9.07. The lowest BCUT2D eigenvalue weighted by Gasteiger charge is -2.15. The number of benzene rings is 1. The summed E-state index contributed by atoms with van der Waals surface area (Å²) in [5.74, 6) is -0.937. The fourth-order valence-electron chi connectivity index (χ4n) is 2.89. The normalized spacial score (nSPS) is 16.8. The Balaban J connectivity index is 1.80. The smallest absolute Gasteiger partial charge is 0.239 e. The molecule has 3 amide bonds. The van der Waals surface area contributed by atoms with E-state index in [-0.39, 0.29) is 36.1 Å². The van der Waals surface area contributed by atoms with Crippen LogP contribution in [-0.2, 0) is 20.8 Å². The molecule has 142 valence electrons. The molecule has 1 unspecified atom stereocenters. The monoisotopic (exact) mass is 360 g/mol. The maximum absolute atomic E-state index is 12.2. The Bertz CT molecular complexity index is 687. The number of amides is 3. The van der Waals surface area contributed by atoms with E-state index in [0.717, 1.165) is 17.7 Å². The zero-order valence-corrected chi connectivity index (χ0v) is 15.6. The highest BCUT2D eigenvalue weighted by Crippen LogP contribution is 2.35. The lowest BCUT2D eigenvalue weighted by atomic mass is 9.95. The molecule has 0 saturated heterocycles. The molecule has 1 aliphatic heterocycles. The molecule has 1 aliphatic rings. The van der Waals surface area contributed by atoms with Crippen molar-refractivity contribution in [2.45, 2.75) is 45.6 Å². The van der Waals surface area contributed by atoms with Crippen molar-refractivity contribution in [3.8, 4) is 0 Å². The van der Waals surface area contributed by atoms with Crippen molar-refractivity contribution in [1.82, 2.24) is 10.6 Å². The second kappa shape index (κ2) is 8.80. The zero-order chi connectivity index (χ0) is 19.3. The second-order valence-electron chi connectivity index (χ2n) is 6.94. The molecule has 1 aromatic rings. The van der Waals surface area contributed by atoms with E-state index < -0.39 is 6.04 Å². The summed E-state index contributed by atoms with van der Waals surface area (Å²) in [6.45, 7) is 6.00. The molecule has 0 aromatic heterocycles. The summed E-state index contributed by atoms with van der Waals surface area (Å²) >= 11 is 0. The molecule has 2 atom stereocenters. The average molecular weight is 360 g/mol. The van der Waals surface area contributed by atoms with Crippen LogP contribution in [0.5, 0.6) is 0 Å². The number of hydrogen-bond donors (Lipinski definition) is 4. The quantitative estimate of drug-likeness (QED) is 0.551. The molecule has 0 fully saturated rings. The highest BCUT2D eigenvalue weighted by atomic mass is 16.2. The third kappa shape index (κ3) is 4.82. The highest BCUT2D eigenvalue weighted by Gasteiger charge is 2.30. The first-order valence-electron chi connectivity index (χ1n) is 9.07. The van der Waals surface area contributed by atoms with Crippen molar-refractivity contribution in [2.75, 3.05) is 18.4 Å². The molecule has 0 bridgehead atoms. The van der Waals surface area contributed by atoms with Gasteiger partial charge < -0.3 is 21.7 Å². The van der Waals surface area contributed by atoms with Crippen LogP contribution in [0.15, 0.2) is 18.2 Å². The van der Waals surface area contributed by atoms with Gasteiger partial charge in [-0.1, -0.05) is 32.9 Å². The summed E-state index contributed by atoms with van der Waals surface area (Å²) in [4.78, 5) is 35.8. The predicted octanol–water partition coefficient (Wildman–Crippen LogP) is 0.891. The van der Waals surface area contributed by atoms with Crippen LogP contribution in [0.1, 0.15) is 44.2 Å². The van der Waals surface area contributed by atoms with E-state index in [1.165, 1.54) is 5.56 Å². The Morgan fingerprint density at radius 3 is 2.65 bits per heavy atom. The highest BCUT2D eigenvalue weighted by molar-refractivity contribution is 6.03. The van der Waals surface area contributed by atoms with Gasteiger partial charge in [-0.2, -0.15) is 0 Å². The number of nitrogens with two attached hydrogens (primary N) is 1. The van der Waals surface area contributed by atoms with E-state index in [9.17, 15) is 14.4 Å². The Labute approximate surface area is 154 Å². The van der Waals surface area contributed by atoms with Crippen LogP contribution >= 0.6 is 0 Å². The first-order chi connectivity index (χ1) is 12.3. The third-order valence-corrected chi connectivity index (χ3v) is 4.67. The van der Waals surface area contributed by atoms with E-state index >= 15 is 0 Å². The van der Waals surface area contributed by atoms with Gasteiger partial charge in [-0.3, -0.25) is 14.4 Å². The number of fused-ring (bicyclic) bond motifs is 1. The van der Waals surface area contributed by atoms with Crippen molar-refractivity contribution in [3.05, 3.63) is 29.3 Å². The minimum Gasteiger partial charge on any atom is -0.355 e. The minimum absolute atomic E-state index is 0.00650. The van der Waals surface area contributed by atoms with E-state index in [2.05, 4.69) is 22.9 Å². The summed E-state index contributed by atoms with van der Waals surface area (Å²) in [6.07, 6.45) is 1.42. The SMILES string of the molecule is CCc1ccc2c(c1)C(CCNC(=O)CNC(=O)[C@@H](N)C(C)C)C(=O)N2. The van der Waals surface area contributed by atoms with E-state index in [1.54, 1.807) is 0 Å². The van der Waals surface area contributed by atoms with Crippen LogP contribution in [0.25, 0.3) is 0 Å². The van der Waals surface area contributed by atoms with Gasteiger partial charge in [0.2, 0.25) is 17.7 Å². The van der Waals surface area contributed by atoms with Gasteiger partial charge in [0.05, 0.1) is 18.5 Å². The summed E-state index contributed by atoms with van der Waals surface area (Å²) in [5, 5.41) is 8.14. The van der Waals surface area contributed by atoms with Crippen molar-refractivity contribution >= 4 is 23.4 Å². The number of aryl methyl sites for hydroxylation is 1. The molecule has 0 aliphatic carbocycles. The minimum atomic E-state index is -0.630. The van der Waals surface area contributed by atoms with Crippen LogP contribution in [-0.4, -0.2) is 36.9 Å². The van der Waals surface area contributed by atoms with Gasteiger partial charge in [0.1, 0.15) is 0 Å². The maximum atomic E-state index is 12.2. The number of rotatable bonds is 8. The van der Waals surface area contributed by atoms with Crippen LogP contribution < -0.4 is 21.7 Å². The standard InChI is InChI=1S/C19H28N4O3/c1-4-12-5-6-15-14(9-12)13(18(25)23-15)7-8-21-16(24)10-22-19(26)17(20)11(2)3/h5-6,9,11,13,17H,4,7-8,10,20H2,1-3H3,(H,21,24)(H,22,26)(H,23,25)/t13?,17-/m0/s1. The van der Waals surface area contributed by atoms with Gasteiger partial charge in [0.25, 0.3) is 0 Å². The number of carbonyl (C=O) groups is 3. The largest absolute Gasteiger partial charge is 0.355 e. The van der Waals surface area contributed by atoms with Gasteiger partial charge in [-0.25, -0.2) is 0 Å². The summed E-state index contributed by atoms with van der Waals surface area (Å²) in [5.41, 5.74) is 8.74. The molecule has 2 rings (SSSR count). The molecule has 0 saturated carbocycles. The fourth-order valence-corrected chi connectivity index (χ4v) is 2.89. The second-order valence-corrected chi connectivity index (χ2v) is 6.94. The molecule has 7 heteroatoms. The van der Waals surface area contributed by atoms with Crippen molar-refractivity contribution < 1.29 is 14.4 Å². The van der Waals surface area contributed by atoms with E-state index in [4.69, 9.17) is 5.73 Å². The Morgan fingerprint density at radius 1 is 1.27 bits per heavy atom. The molecule has 5 N–H and O–H groups in total. The predicted molar refractivity (Wildman–Crippen MR) is 101 cm³/mol. The van der Waals surface area contributed by atoms with Gasteiger partial charge in [-0.15, -0.1) is 0 Å². The van der Waals surface area contributed by atoms with Gasteiger partial charge >= 0.3 is 0 Å². The molecular formula is C19H28N4O3. The zero-order valence-electron chi connectivity index (χ0n) is 15.6. The van der Waals surface area contributed by atoms with Crippen LogP contribution in [0.3, 0.4) is 0 Å². The molecule has 1 aromatic carbocycles. The Hall–Kier alpha value is -2.41. The number of nitrogens with one attached hydrogen (secondary N) is 3. The van der Waals surface area contributed by atoms with Gasteiger partial charge in [-0.05, 0) is 36.0 Å². The molecular weight excluding hydrogens is 332 g/mol. The molecule has 26 heavy (non-hydrogen) atoms. The van der Waals surface area contributed by atoms with E-state index in [0.29, 0.717) is 13.0 Å². The summed E-state index contributed by atoms with van der Waals surface area (Å²) < 4.78 is 0. The fraction of sp³-hybridized carbons (Fsp3) is 0.526. The maximum Gasteiger partial charge on any atom is 0.239 e. The van der Waals surface area contributed by atoms with Crippen molar-refractivity contribution in [3.63, 3.8) is 0 Å². The van der Waals surface area contributed by atoms with Gasteiger partial charge in [0.15, 0.2) is 0 Å². The average Bonchev–Trinajstić information content (AvgIpc) is 2.93. The molecule has 0 spiro atoms. The van der Waals surface area contributed by atoms with Crippen LogP contribution in [0.2, 0.25) is 0 Å². The number of carbonyl (C=O) groups excluding carboxylic acids is 3. The lowest BCUT2D eigenvalue weighted by Crippen LogP contribution is -2.47. The molecule has 1 heterocycles. The number of hydrogen-bond acceptors (Lipinski definition) is 4. The van der Waals surface area contributed by atoms with Crippen molar-refractivity contribution in [2.24, 2.45) is 11.7 Å². The summed E-state index contributed by atoms with van der Waals surface area (Å²) in [7, 11) is 0. The Kier molecular flexibility index (Phi) is 6.74. The first kappa shape index (κ1) is 19.9. The lowest BCUT2D eigenvalue weighted by molar-refractivity contribution is -0.127. The Morgan fingerprint density at radius 2 is 2.00 bits per heavy atom. The van der Waals surface area contributed by atoms with E-state index in [1.807, 2.05) is 32.0 Å². The van der Waals surface area contributed by atoms with Crippen LogP contribution in [0, 0.1) is 5.92 Å². The van der Waals surface area contributed by atoms with Crippen LogP contribution in [0.4, 0.5) is 5.69 Å². The summed E-state index contributed by atoms with van der Waals surface area (Å²) in [6, 6.07) is 5.35. The van der Waals surface area contributed by atoms with Gasteiger partial charge in [0, 0.05) is 12.2 Å². The molecule has 7 nitrogen and oxygen atoms in total. The topological polar surface area (TPSA) is 113 Å². The van der Waals surface area contributed by atoms with Crippen molar-refractivity contribution in [1.29, 1.82) is 0 Å². The molecule has 0 radical (unpaired) electrons.